The molecule has 0 saturated heterocycles. The van der Waals surface area contributed by atoms with Crippen molar-refractivity contribution in [1.29, 1.82) is 0 Å². The summed E-state index contributed by atoms with van der Waals surface area (Å²) >= 11 is 0. The molecular weight excluding hydrogens is 188 g/mol. The third-order valence-corrected chi connectivity index (χ3v) is 3.39. The van der Waals surface area contributed by atoms with E-state index in [2.05, 4.69) is 13.8 Å². The van der Waals surface area contributed by atoms with Gasteiger partial charge in [0.2, 0.25) is 0 Å². The fourth-order valence-corrected chi connectivity index (χ4v) is 2.72. The maximum atomic E-state index is 9.49. The van der Waals surface area contributed by atoms with E-state index in [1.54, 1.807) is 6.07 Å². The average Bonchev–Trinajstić information content (AvgIpc) is 2.18. The number of benzene rings is 1. The molecule has 0 fully saturated rings. The number of rotatable bonds is 1. The van der Waals surface area contributed by atoms with Gasteiger partial charge in [0.1, 0.15) is 5.75 Å². The van der Waals surface area contributed by atoms with Crippen molar-refractivity contribution >= 4 is 0 Å². The standard InChI is InChI=1S/C13H18O2/c1-13(2)7-9(8-14)5-10-3-4-11(15)6-12(10)13/h3-4,6,9,14-15H,5,7-8H2,1-2H3. The molecule has 2 nitrogen and oxygen atoms in total. The third kappa shape index (κ3) is 1.86. The molecule has 15 heavy (non-hydrogen) atoms. The van der Waals surface area contributed by atoms with Gasteiger partial charge in [0.15, 0.2) is 0 Å². The molecule has 0 bridgehead atoms. The minimum Gasteiger partial charge on any atom is -0.508 e. The lowest BCUT2D eigenvalue weighted by molar-refractivity contribution is 0.186. The Kier molecular flexibility index (Phi) is 2.47. The van der Waals surface area contributed by atoms with E-state index in [0.717, 1.165) is 12.8 Å². The van der Waals surface area contributed by atoms with Crippen LogP contribution in [-0.2, 0) is 11.8 Å². The molecule has 0 saturated carbocycles. The van der Waals surface area contributed by atoms with Gasteiger partial charge < -0.3 is 10.2 Å². The van der Waals surface area contributed by atoms with Crippen LogP contribution in [0.1, 0.15) is 31.4 Å². The predicted octanol–water partition coefficient (Wildman–Crippen LogP) is 2.22. The van der Waals surface area contributed by atoms with Gasteiger partial charge in [-0.15, -0.1) is 0 Å². The van der Waals surface area contributed by atoms with Crippen molar-refractivity contribution in [2.24, 2.45) is 5.92 Å². The summed E-state index contributed by atoms with van der Waals surface area (Å²) in [7, 11) is 0. The fourth-order valence-electron chi connectivity index (χ4n) is 2.72. The van der Waals surface area contributed by atoms with E-state index in [9.17, 15) is 10.2 Å². The number of hydrogen-bond donors (Lipinski definition) is 2. The molecule has 0 radical (unpaired) electrons. The monoisotopic (exact) mass is 206 g/mol. The van der Waals surface area contributed by atoms with E-state index in [1.165, 1.54) is 11.1 Å². The van der Waals surface area contributed by atoms with E-state index in [4.69, 9.17) is 0 Å². The summed E-state index contributed by atoms with van der Waals surface area (Å²) in [5, 5.41) is 18.7. The van der Waals surface area contributed by atoms with Crippen molar-refractivity contribution in [3.05, 3.63) is 29.3 Å². The average molecular weight is 206 g/mol. The van der Waals surface area contributed by atoms with Crippen LogP contribution in [0, 0.1) is 5.92 Å². The maximum Gasteiger partial charge on any atom is 0.115 e. The van der Waals surface area contributed by atoms with Crippen LogP contribution in [0.25, 0.3) is 0 Å². The molecular formula is C13H18O2. The van der Waals surface area contributed by atoms with Gasteiger partial charge in [-0.05, 0) is 47.4 Å². The maximum absolute atomic E-state index is 9.49. The largest absolute Gasteiger partial charge is 0.508 e. The van der Waals surface area contributed by atoms with Gasteiger partial charge >= 0.3 is 0 Å². The molecule has 2 heteroatoms. The highest BCUT2D eigenvalue weighted by Crippen LogP contribution is 2.40. The van der Waals surface area contributed by atoms with Gasteiger partial charge in [-0.3, -0.25) is 0 Å². The number of hydrogen-bond acceptors (Lipinski definition) is 2. The summed E-state index contributed by atoms with van der Waals surface area (Å²) in [6.07, 6.45) is 1.91. The quantitative estimate of drug-likeness (QED) is 0.739. The van der Waals surface area contributed by atoms with Crippen LogP contribution in [0.3, 0.4) is 0 Å². The first-order valence-corrected chi connectivity index (χ1v) is 5.46. The molecule has 1 aromatic carbocycles. The summed E-state index contributed by atoms with van der Waals surface area (Å²) in [5.74, 6) is 0.696. The van der Waals surface area contributed by atoms with Crippen molar-refractivity contribution in [3.63, 3.8) is 0 Å². The molecule has 1 aliphatic rings. The minimum absolute atomic E-state index is 0.0553. The van der Waals surface area contributed by atoms with Gasteiger partial charge in [0.05, 0.1) is 0 Å². The summed E-state index contributed by atoms with van der Waals surface area (Å²) in [6.45, 7) is 4.60. The van der Waals surface area contributed by atoms with E-state index >= 15 is 0 Å². The lowest BCUT2D eigenvalue weighted by atomic mass is 9.68. The molecule has 0 spiro atoms. The zero-order valence-electron chi connectivity index (χ0n) is 9.33. The Bertz CT molecular complexity index is 369. The summed E-state index contributed by atoms with van der Waals surface area (Å²) in [6, 6.07) is 5.58. The highest BCUT2D eigenvalue weighted by molar-refractivity contribution is 5.41. The number of fused-ring (bicyclic) bond motifs is 1. The number of phenols is 1. The smallest absolute Gasteiger partial charge is 0.115 e. The number of aliphatic hydroxyl groups is 1. The highest BCUT2D eigenvalue weighted by atomic mass is 16.3. The molecule has 1 aromatic rings. The van der Waals surface area contributed by atoms with Crippen molar-refractivity contribution in [2.45, 2.75) is 32.1 Å². The lowest BCUT2D eigenvalue weighted by Gasteiger charge is -2.36. The molecule has 82 valence electrons. The van der Waals surface area contributed by atoms with Crippen LogP contribution in [0.5, 0.6) is 5.75 Å². The first-order valence-electron chi connectivity index (χ1n) is 5.46. The molecule has 1 aliphatic carbocycles. The molecule has 1 atom stereocenters. The van der Waals surface area contributed by atoms with Gasteiger partial charge in [0, 0.05) is 6.61 Å². The predicted molar refractivity (Wildman–Crippen MR) is 60.0 cm³/mol. The third-order valence-electron chi connectivity index (χ3n) is 3.39. The Morgan fingerprint density at radius 2 is 2.13 bits per heavy atom. The van der Waals surface area contributed by atoms with Crippen LogP contribution in [-0.4, -0.2) is 16.8 Å². The van der Waals surface area contributed by atoms with Gasteiger partial charge in [-0.1, -0.05) is 19.9 Å². The Labute approximate surface area is 90.6 Å². The van der Waals surface area contributed by atoms with Crippen molar-refractivity contribution in [2.75, 3.05) is 6.61 Å². The van der Waals surface area contributed by atoms with Crippen LogP contribution < -0.4 is 0 Å². The van der Waals surface area contributed by atoms with Crippen molar-refractivity contribution in [1.82, 2.24) is 0 Å². The van der Waals surface area contributed by atoms with E-state index in [-0.39, 0.29) is 12.0 Å². The van der Waals surface area contributed by atoms with Crippen LogP contribution >= 0.6 is 0 Å². The second-order valence-electron chi connectivity index (χ2n) is 5.18. The van der Waals surface area contributed by atoms with Gasteiger partial charge in [0.25, 0.3) is 0 Å². The minimum atomic E-state index is 0.0553. The second kappa shape index (κ2) is 3.53. The van der Waals surface area contributed by atoms with E-state index in [0.29, 0.717) is 11.7 Å². The van der Waals surface area contributed by atoms with Crippen molar-refractivity contribution < 1.29 is 10.2 Å². The molecule has 0 heterocycles. The molecule has 2 N–H and O–H groups in total. The molecule has 1 unspecified atom stereocenters. The Morgan fingerprint density at radius 1 is 1.40 bits per heavy atom. The highest BCUT2D eigenvalue weighted by Gasteiger charge is 2.32. The Hall–Kier alpha value is -1.02. The van der Waals surface area contributed by atoms with Gasteiger partial charge in [-0.25, -0.2) is 0 Å². The van der Waals surface area contributed by atoms with Crippen LogP contribution in [0.4, 0.5) is 0 Å². The first kappa shape index (κ1) is 10.5. The number of aliphatic hydroxyl groups excluding tert-OH is 1. The summed E-state index contributed by atoms with van der Waals surface area (Å²) in [5.41, 5.74) is 2.55. The summed E-state index contributed by atoms with van der Waals surface area (Å²) < 4.78 is 0. The van der Waals surface area contributed by atoms with Gasteiger partial charge in [-0.2, -0.15) is 0 Å². The Balaban J connectivity index is 2.45. The van der Waals surface area contributed by atoms with Crippen LogP contribution in [0.15, 0.2) is 18.2 Å². The van der Waals surface area contributed by atoms with Crippen LogP contribution in [0.2, 0.25) is 0 Å². The van der Waals surface area contributed by atoms with E-state index < -0.39 is 0 Å². The van der Waals surface area contributed by atoms with Crippen molar-refractivity contribution in [3.8, 4) is 5.75 Å². The Morgan fingerprint density at radius 3 is 2.80 bits per heavy atom. The molecule has 2 rings (SSSR count). The zero-order chi connectivity index (χ0) is 11.1. The molecule has 0 aromatic heterocycles. The normalized spacial score (nSPS) is 23.5. The first-order chi connectivity index (χ1) is 7.03. The fraction of sp³-hybridized carbons (Fsp3) is 0.538. The topological polar surface area (TPSA) is 40.5 Å². The lowest BCUT2D eigenvalue weighted by Crippen LogP contribution is -2.31. The number of phenolic OH excluding ortho intramolecular Hbond substituents is 1. The summed E-state index contributed by atoms with van der Waals surface area (Å²) in [4.78, 5) is 0. The zero-order valence-corrected chi connectivity index (χ0v) is 9.33. The second-order valence-corrected chi connectivity index (χ2v) is 5.18. The van der Waals surface area contributed by atoms with E-state index in [1.807, 2.05) is 12.1 Å². The molecule has 0 aliphatic heterocycles. The molecule has 0 amide bonds. The number of aromatic hydroxyl groups is 1. The SMILES string of the molecule is CC1(C)CC(CO)Cc2ccc(O)cc21.